The van der Waals surface area contributed by atoms with E-state index in [9.17, 15) is 37.4 Å². The third-order valence-electron chi connectivity index (χ3n) is 8.19. The van der Waals surface area contributed by atoms with Crippen LogP contribution >= 0.6 is 0 Å². The number of hydrogen-bond donors (Lipinski definition) is 4. The fourth-order valence-corrected chi connectivity index (χ4v) is 5.17. The molecule has 2 aromatic heterocycles. The molecule has 1 aliphatic heterocycles. The number of alkyl halides is 3. The smallest absolute Gasteiger partial charge is 0.424 e. The summed E-state index contributed by atoms with van der Waals surface area (Å²) in [5, 5.41) is 23.4. The zero-order chi connectivity index (χ0) is 33.0. The maximum atomic E-state index is 14.8. The molecule has 4 aromatic rings. The molecule has 46 heavy (non-hydrogen) atoms. The molecule has 2 aliphatic rings. The van der Waals surface area contributed by atoms with Gasteiger partial charge in [-0.05, 0) is 68.3 Å². The molecule has 14 heteroatoms. The van der Waals surface area contributed by atoms with Gasteiger partial charge in [0, 0.05) is 22.1 Å². The van der Waals surface area contributed by atoms with Crippen molar-refractivity contribution >= 4 is 22.7 Å². The number of pyridine rings is 2. The minimum absolute atomic E-state index is 0.0393. The third-order valence-corrected chi connectivity index (χ3v) is 8.19. The highest BCUT2D eigenvalue weighted by Gasteiger charge is 2.57. The first-order chi connectivity index (χ1) is 21.7. The molecule has 5 N–H and O–H groups in total. The summed E-state index contributed by atoms with van der Waals surface area (Å²) >= 11 is 0. The van der Waals surface area contributed by atoms with Crippen LogP contribution in [0.3, 0.4) is 0 Å². The van der Waals surface area contributed by atoms with Crippen LogP contribution in [0.2, 0.25) is 0 Å². The average molecular weight is 641 g/mol. The van der Waals surface area contributed by atoms with Gasteiger partial charge in [0.1, 0.15) is 40.5 Å². The fourth-order valence-electron chi connectivity index (χ4n) is 5.17. The van der Waals surface area contributed by atoms with Crippen LogP contribution in [0.15, 0.2) is 54.6 Å². The second-order valence-electron chi connectivity index (χ2n) is 11.6. The number of halogens is 4. The molecule has 2 aromatic carbocycles. The highest BCUT2D eigenvalue weighted by molar-refractivity contribution is 6.00. The van der Waals surface area contributed by atoms with Gasteiger partial charge in [0.05, 0.1) is 30.6 Å². The second kappa shape index (κ2) is 11.2. The number of aliphatic hydroxyl groups excluding tert-OH is 1. The standard InChI is InChI=1S/C32H28F4N4O6/c1-30(29(37)43)15-45-27-22(30)12-24(40-26(27)16-2-5-19(33)6-3-16)31(44,32(34,35)36)14-38-28(42)18-10-17-4-7-20(13-41)39-25(17)23(11-18)46-21-8-9-21/h2-7,10-12,21,41,44H,8-9,13-15H2,1H3,(H2,37,43)(H,38,42). The Kier molecular flexibility index (Phi) is 7.60. The van der Waals surface area contributed by atoms with Crippen LogP contribution in [0.25, 0.3) is 22.2 Å². The number of ether oxygens (including phenoxy) is 2. The number of nitrogens with one attached hydrogen (secondary N) is 1. The highest BCUT2D eigenvalue weighted by Crippen LogP contribution is 2.47. The van der Waals surface area contributed by atoms with E-state index in [0.29, 0.717) is 16.6 Å². The summed E-state index contributed by atoms with van der Waals surface area (Å²) in [6.45, 7) is -0.620. The largest absolute Gasteiger partial charge is 0.489 e. The lowest BCUT2D eigenvalue weighted by Crippen LogP contribution is -2.51. The Bertz CT molecular complexity index is 1860. The van der Waals surface area contributed by atoms with Gasteiger partial charge in [-0.25, -0.2) is 14.4 Å². The molecule has 0 bridgehead atoms. The summed E-state index contributed by atoms with van der Waals surface area (Å²) in [6, 6.07) is 11.4. The Labute approximate surface area is 259 Å². The average Bonchev–Trinajstić information content (AvgIpc) is 3.78. The molecular weight excluding hydrogens is 612 g/mol. The van der Waals surface area contributed by atoms with E-state index in [0.717, 1.165) is 31.0 Å². The van der Waals surface area contributed by atoms with Crippen molar-refractivity contribution in [1.82, 2.24) is 15.3 Å². The van der Waals surface area contributed by atoms with Crippen LogP contribution in [-0.2, 0) is 22.4 Å². The number of nitrogens with two attached hydrogens (primary N) is 1. The van der Waals surface area contributed by atoms with Crippen LogP contribution in [0.5, 0.6) is 11.5 Å². The summed E-state index contributed by atoms with van der Waals surface area (Å²) in [7, 11) is 0. The molecule has 10 nitrogen and oxygen atoms in total. The summed E-state index contributed by atoms with van der Waals surface area (Å²) < 4.78 is 69.6. The number of primary amides is 1. The van der Waals surface area contributed by atoms with E-state index < -0.39 is 47.1 Å². The van der Waals surface area contributed by atoms with Crippen molar-refractivity contribution < 1.29 is 46.8 Å². The lowest BCUT2D eigenvalue weighted by molar-refractivity contribution is -0.265. The molecule has 0 radical (unpaired) electrons. The number of nitrogens with zero attached hydrogens (tertiary/aromatic N) is 2. The van der Waals surface area contributed by atoms with Crippen LogP contribution in [0, 0.1) is 5.82 Å². The van der Waals surface area contributed by atoms with Gasteiger partial charge in [0.2, 0.25) is 11.5 Å². The van der Waals surface area contributed by atoms with Gasteiger partial charge in [-0.3, -0.25) is 9.59 Å². The molecule has 1 aliphatic carbocycles. The quantitative estimate of drug-likeness (QED) is 0.202. The van der Waals surface area contributed by atoms with Crippen molar-refractivity contribution in [2.45, 2.75) is 49.7 Å². The summed E-state index contributed by atoms with van der Waals surface area (Å²) in [5.74, 6) is -2.28. The molecule has 2 unspecified atom stereocenters. The van der Waals surface area contributed by atoms with Gasteiger partial charge in [-0.2, -0.15) is 13.2 Å². The molecule has 240 valence electrons. The van der Waals surface area contributed by atoms with Crippen molar-refractivity contribution in [3.05, 3.63) is 82.9 Å². The summed E-state index contributed by atoms with van der Waals surface area (Å²) in [6.07, 6.45) is -3.92. The number of hydrogen-bond acceptors (Lipinski definition) is 8. The number of carbonyl (C=O) groups excluding carboxylic acids is 2. The van der Waals surface area contributed by atoms with Crippen LogP contribution < -0.4 is 20.5 Å². The molecule has 6 rings (SSSR count). The minimum atomic E-state index is -5.38. The van der Waals surface area contributed by atoms with E-state index in [1.165, 1.54) is 37.3 Å². The molecule has 3 heterocycles. The van der Waals surface area contributed by atoms with Gasteiger partial charge in [0.25, 0.3) is 5.91 Å². The van der Waals surface area contributed by atoms with Gasteiger partial charge < -0.3 is 30.7 Å². The normalized spacial score (nSPS) is 18.8. The van der Waals surface area contributed by atoms with E-state index in [1.54, 1.807) is 6.07 Å². The number of fused-ring (bicyclic) bond motifs is 2. The van der Waals surface area contributed by atoms with E-state index in [1.807, 2.05) is 0 Å². The predicted molar refractivity (Wildman–Crippen MR) is 155 cm³/mol. The van der Waals surface area contributed by atoms with Crippen molar-refractivity contribution in [2.75, 3.05) is 13.2 Å². The van der Waals surface area contributed by atoms with Gasteiger partial charge in [0.15, 0.2) is 0 Å². The minimum Gasteiger partial charge on any atom is -0.489 e. The zero-order valence-corrected chi connectivity index (χ0v) is 24.3. The number of rotatable bonds is 9. The second-order valence-corrected chi connectivity index (χ2v) is 11.6. The molecule has 0 spiro atoms. The SMILES string of the molecule is CC1(C(N)=O)COc2c1cc(C(O)(CNC(=O)c1cc(OC3CC3)c3nc(CO)ccc3c1)C(F)(F)F)nc2-c1ccc(F)cc1. The van der Waals surface area contributed by atoms with Crippen LogP contribution in [0.4, 0.5) is 17.6 Å². The lowest BCUT2D eigenvalue weighted by atomic mass is 9.81. The number of benzene rings is 2. The Morgan fingerprint density at radius 2 is 1.83 bits per heavy atom. The van der Waals surface area contributed by atoms with Crippen molar-refractivity contribution in [2.24, 2.45) is 5.73 Å². The van der Waals surface area contributed by atoms with Gasteiger partial charge >= 0.3 is 6.18 Å². The fraction of sp³-hybridized carbons (Fsp3) is 0.312. The zero-order valence-electron chi connectivity index (χ0n) is 24.3. The molecular formula is C32H28F4N4O6. The molecule has 1 saturated carbocycles. The summed E-state index contributed by atoms with van der Waals surface area (Å²) in [4.78, 5) is 34.2. The maximum absolute atomic E-state index is 14.8. The molecule has 2 atom stereocenters. The van der Waals surface area contributed by atoms with Crippen molar-refractivity contribution in [3.8, 4) is 22.8 Å². The first kappa shape index (κ1) is 31.2. The first-order valence-electron chi connectivity index (χ1n) is 14.3. The Hall–Kier alpha value is -4.82. The Morgan fingerprint density at radius 1 is 1.11 bits per heavy atom. The highest BCUT2D eigenvalue weighted by atomic mass is 19.4. The summed E-state index contributed by atoms with van der Waals surface area (Å²) in [5.41, 5.74) is -0.0717. The lowest BCUT2D eigenvalue weighted by Gasteiger charge is -2.31. The number of aliphatic hydroxyl groups is 2. The maximum Gasteiger partial charge on any atom is 0.424 e. The number of aromatic nitrogens is 2. The number of carbonyl (C=O) groups is 2. The Morgan fingerprint density at radius 3 is 2.46 bits per heavy atom. The van der Waals surface area contributed by atoms with Crippen LogP contribution in [-0.4, -0.2) is 57.4 Å². The van der Waals surface area contributed by atoms with E-state index in [4.69, 9.17) is 15.2 Å². The van der Waals surface area contributed by atoms with E-state index in [2.05, 4.69) is 15.3 Å². The van der Waals surface area contributed by atoms with Crippen molar-refractivity contribution in [3.63, 3.8) is 0 Å². The Balaban J connectivity index is 1.40. The van der Waals surface area contributed by atoms with Crippen molar-refractivity contribution in [1.29, 1.82) is 0 Å². The van der Waals surface area contributed by atoms with Gasteiger partial charge in [-0.15, -0.1) is 0 Å². The van der Waals surface area contributed by atoms with E-state index in [-0.39, 0.29) is 53.2 Å². The predicted octanol–water partition coefficient (Wildman–Crippen LogP) is 3.78. The topological polar surface area (TPSA) is 157 Å². The van der Waals surface area contributed by atoms with Gasteiger partial charge in [-0.1, -0.05) is 6.07 Å². The number of amides is 2. The van der Waals surface area contributed by atoms with E-state index >= 15 is 0 Å². The molecule has 1 fully saturated rings. The van der Waals surface area contributed by atoms with Crippen LogP contribution in [0.1, 0.15) is 47.1 Å². The molecule has 2 amide bonds. The monoisotopic (exact) mass is 640 g/mol. The third kappa shape index (κ3) is 5.47. The molecule has 0 saturated heterocycles. The first-order valence-corrected chi connectivity index (χ1v) is 14.3.